The van der Waals surface area contributed by atoms with Crippen LogP contribution in [0.25, 0.3) is 0 Å². The minimum Gasteiger partial charge on any atom is -0.494 e. The van der Waals surface area contributed by atoms with Gasteiger partial charge in [-0.1, -0.05) is 6.92 Å². The Labute approximate surface area is 117 Å². The zero-order chi connectivity index (χ0) is 14.5. The van der Waals surface area contributed by atoms with E-state index in [1.807, 2.05) is 6.92 Å². The average molecular weight is 277 g/mol. The first kappa shape index (κ1) is 14.2. The summed E-state index contributed by atoms with van der Waals surface area (Å²) in [5, 5.41) is 2.65. The second kappa shape index (κ2) is 6.27. The van der Waals surface area contributed by atoms with Crippen LogP contribution in [0, 0.1) is 0 Å². The second-order valence-electron chi connectivity index (χ2n) is 4.67. The van der Waals surface area contributed by atoms with Crippen molar-refractivity contribution < 1.29 is 14.3 Å². The van der Waals surface area contributed by atoms with Crippen molar-refractivity contribution in [1.82, 2.24) is 10.2 Å². The van der Waals surface area contributed by atoms with Gasteiger partial charge in [0, 0.05) is 12.2 Å². The Morgan fingerprint density at radius 3 is 2.60 bits per heavy atom. The molecule has 1 fully saturated rings. The summed E-state index contributed by atoms with van der Waals surface area (Å²) in [5.41, 5.74) is 6.26. The van der Waals surface area contributed by atoms with Crippen molar-refractivity contribution in [1.29, 1.82) is 0 Å². The van der Waals surface area contributed by atoms with Gasteiger partial charge in [0.2, 0.25) is 0 Å². The van der Waals surface area contributed by atoms with Crippen LogP contribution in [0.1, 0.15) is 19.8 Å². The van der Waals surface area contributed by atoms with Crippen molar-refractivity contribution in [3.8, 4) is 5.75 Å². The standard InChI is InChI=1S/C14H19N3O3/c1-2-12-13(18)17(14(19)16-12)8-3-9-20-11-6-4-10(15)5-7-11/h4-7,12H,2-3,8-9,15H2,1H3,(H,16,19). The number of nitrogens with one attached hydrogen (secondary N) is 1. The molecular formula is C14H19N3O3. The Morgan fingerprint density at radius 2 is 2.00 bits per heavy atom. The fourth-order valence-electron chi connectivity index (χ4n) is 2.04. The van der Waals surface area contributed by atoms with Gasteiger partial charge in [0.05, 0.1) is 6.61 Å². The Kier molecular flexibility index (Phi) is 4.45. The van der Waals surface area contributed by atoms with E-state index < -0.39 is 0 Å². The van der Waals surface area contributed by atoms with E-state index in [9.17, 15) is 9.59 Å². The highest BCUT2D eigenvalue weighted by molar-refractivity contribution is 6.04. The molecule has 1 unspecified atom stereocenters. The minimum atomic E-state index is -0.375. The summed E-state index contributed by atoms with van der Waals surface area (Å²) in [6, 6.07) is 6.42. The van der Waals surface area contributed by atoms with E-state index in [0.717, 1.165) is 5.75 Å². The number of hydrogen-bond acceptors (Lipinski definition) is 4. The van der Waals surface area contributed by atoms with E-state index in [0.29, 0.717) is 31.7 Å². The third-order valence-corrected chi connectivity index (χ3v) is 3.19. The Hall–Kier alpha value is -2.24. The Morgan fingerprint density at radius 1 is 1.30 bits per heavy atom. The molecule has 1 aromatic carbocycles. The number of nitrogen functional groups attached to an aromatic ring is 1. The maximum Gasteiger partial charge on any atom is 0.324 e. The molecule has 6 nitrogen and oxygen atoms in total. The first-order valence-electron chi connectivity index (χ1n) is 6.72. The largest absolute Gasteiger partial charge is 0.494 e. The van der Waals surface area contributed by atoms with Gasteiger partial charge in [-0.3, -0.25) is 9.69 Å². The third kappa shape index (κ3) is 3.20. The van der Waals surface area contributed by atoms with Crippen LogP contribution >= 0.6 is 0 Å². The van der Waals surface area contributed by atoms with E-state index in [1.165, 1.54) is 4.90 Å². The van der Waals surface area contributed by atoms with Crippen LogP contribution in [-0.4, -0.2) is 36.0 Å². The summed E-state index contributed by atoms with van der Waals surface area (Å²) in [6.07, 6.45) is 1.21. The van der Waals surface area contributed by atoms with Gasteiger partial charge in [-0.25, -0.2) is 4.79 Å². The van der Waals surface area contributed by atoms with Crippen LogP contribution in [0.5, 0.6) is 5.75 Å². The molecule has 6 heteroatoms. The van der Waals surface area contributed by atoms with Crippen molar-refractivity contribution in [3.05, 3.63) is 24.3 Å². The number of nitrogens with zero attached hydrogens (tertiary/aromatic N) is 1. The monoisotopic (exact) mass is 277 g/mol. The van der Waals surface area contributed by atoms with Gasteiger partial charge in [-0.15, -0.1) is 0 Å². The van der Waals surface area contributed by atoms with Gasteiger partial charge in [0.1, 0.15) is 11.8 Å². The highest BCUT2D eigenvalue weighted by Crippen LogP contribution is 2.14. The number of urea groups is 1. The summed E-state index contributed by atoms with van der Waals surface area (Å²) < 4.78 is 5.52. The van der Waals surface area contributed by atoms with Crippen molar-refractivity contribution >= 4 is 17.6 Å². The molecule has 1 atom stereocenters. The van der Waals surface area contributed by atoms with Crippen molar-refractivity contribution in [2.75, 3.05) is 18.9 Å². The van der Waals surface area contributed by atoms with E-state index >= 15 is 0 Å². The summed E-state index contributed by atoms with van der Waals surface area (Å²) in [4.78, 5) is 24.7. The van der Waals surface area contributed by atoms with E-state index in [-0.39, 0.29) is 18.0 Å². The third-order valence-electron chi connectivity index (χ3n) is 3.19. The fourth-order valence-corrected chi connectivity index (χ4v) is 2.04. The molecule has 108 valence electrons. The molecule has 0 spiro atoms. The second-order valence-corrected chi connectivity index (χ2v) is 4.67. The van der Waals surface area contributed by atoms with Gasteiger partial charge in [-0.05, 0) is 37.1 Å². The molecule has 0 aliphatic carbocycles. The lowest BCUT2D eigenvalue weighted by Gasteiger charge is -2.13. The SMILES string of the molecule is CCC1NC(=O)N(CCCOc2ccc(N)cc2)C1=O. The van der Waals surface area contributed by atoms with Crippen LogP contribution in [-0.2, 0) is 4.79 Å². The number of carbonyl (C=O) groups is 2. The zero-order valence-corrected chi connectivity index (χ0v) is 11.5. The number of rotatable bonds is 6. The van der Waals surface area contributed by atoms with E-state index in [4.69, 9.17) is 10.5 Å². The molecule has 1 aliphatic heterocycles. The van der Waals surface area contributed by atoms with E-state index in [1.54, 1.807) is 24.3 Å². The molecule has 1 aliphatic rings. The van der Waals surface area contributed by atoms with Crippen LogP contribution in [0.4, 0.5) is 10.5 Å². The highest BCUT2D eigenvalue weighted by atomic mass is 16.5. The number of nitrogens with two attached hydrogens (primary N) is 1. The molecule has 1 saturated heterocycles. The number of hydrogen-bond donors (Lipinski definition) is 2. The first-order chi connectivity index (χ1) is 9.61. The van der Waals surface area contributed by atoms with Crippen LogP contribution in [0.2, 0.25) is 0 Å². The Bertz CT molecular complexity index is 487. The number of ether oxygens (including phenoxy) is 1. The highest BCUT2D eigenvalue weighted by Gasteiger charge is 2.36. The van der Waals surface area contributed by atoms with Crippen LogP contribution in [0.15, 0.2) is 24.3 Å². The smallest absolute Gasteiger partial charge is 0.324 e. The van der Waals surface area contributed by atoms with Gasteiger partial charge < -0.3 is 15.8 Å². The Balaban J connectivity index is 1.75. The summed E-state index contributed by atoms with van der Waals surface area (Å²) in [6.45, 7) is 2.68. The predicted molar refractivity (Wildman–Crippen MR) is 75.3 cm³/mol. The van der Waals surface area contributed by atoms with Crippen molar-refractivity contribution in [3.63, 3.8) is 0 Å². The molecular weight excluding hydrogens is 258 g/mol. The number of benzene rings is 1. The molecule has 0 aromatic heterocycles. The average Bonchev–Trinajstić information content (AvgIpc) is 2.72. The molecule has 1 heterocycles. The lowest BCUT2D eigenvalue weighted by Crippen LogP contribution is -2.33. The lowest BCUT2D eigenvalue weighted by atomic mass is 10.2. The lowest BCUT2D eigenvalue weighted by molar-refractivity contribution is -0.127. The molecule has 3 N–H and O–H groups in total. The summed E-state index contributed by atoms with van der Waals surface area (Å²) in [5.74, 6) is 0.577. The fraction of sp³-hybridized carbons (Fsp3) is 0.429. The van der Waals surface area contributed by atoms with Crippen molar-refractivity contribution in [2.45, 2.75) is 25.8 Å². The topological polar surface area (TPSA) is 84.7 Å². The van der Waals surface area contributed by atoms with E-state index in [2.05, 4.69) is 5.32 Å². The number of carbonyl (C=O) groups excluding carboxylic acids is 2. The minimum absolute atomic E-state index is 0.148. The van der Waals surface area contributed by atoms with Gasteiger partial charge in [-0.2, -0.15) is 0 Å². The maximum absolute atomic E-state index is 11.8. The molecule has 0 radical (unpaired) electrons. The van der Waals surface area contributed by atoms with Gasteiger partial charge >= 0.3 is 6.03 Å². The maximum atomic E-state index is 11.8. The van der Waals surface area contributed by atoms with Gasteiger partial charge in [0.25, 0.3) is 5.91 Å². The zero-order valence-electron chi connectivity index (χ0n) is 11.5. The summed E-state index contributed by atoms with van der Waals surface area (Å²) in [7, 11) is 0. The summed E-state index contributed by atoms with van der Waals surface area (Å²) >= 11 is 0. The quantitative estimate of drug-likeness (QED) is 0.467. The van der Waals surface area contributed by atoms with Crippen LogP contribution < -0.4 is 15.8 Å². The molecule has 0 saturated carbocycles. The van der Waals surface area contributed by atoms with Gasteiger partial charge in [0.15, 0.2) is 0 Å². The molecule has 1 aromatic rings. The normalized spacial score (nSPS) is 18.2. The molecule has 20 heavy (non-hydrogen) atoms. The van der Waals surface area contributed by atoms with Crippen LogP contribution in [0.3, 0.4) is 0 Å². The first-order valence-corrected chi connectivity index (χ1v) is 6.72. The molecule has 3 amide bonds. The number of imide groups is 1. The number of anilines is 1. The van der Waals surface area contributed by atoms with Crippen molar-refractivity contribution in [2.24, 2.45) is 0 Å². The predicted octanol–water partition coefficient (Wildman–Crippen LogP) is 1.37. The molecule has 2 rings (SSSR count). The molecule has 0 bridgehead atoms. The number of amides is 3.